The topological polar surface area (TPSA) is 49.7 Å². The Balaban J connectivity index is 1.65. The minimum absolute atomic E-state index is 0.325. The quantitative estimate of drug-likeness (QED) is 0.120. The van der Waals surface area contributed by atoms with E-state index in [0.29, 0.717) is 6.61 Å². The molecule has 0 saturated carbocycles. The average molecular weight is 512 g/mol. The van der Waals surface area contributed by atoms with Crippen LogP contribution in [-0.4, -0.2) is 24.0 Å². The average Bonchev–Trinajstić information content (AvgIpc) is 2.89. The van der Waals surface area contributed by atoms with Crippen molar-refractivity contribution < 1.29 is 27.9 Å². The monoisotopic (exact) mass is 512 g/mol. The first-order valence-electron chi connectivity index (χ1n) is 13.2. The van der Waals surface area contributed by atoms with E-state index in [1.54, 1.807) is 36.4 Å². The summed E-state index contributed by atoms with van der Waals surface area (Å²) in [6.45, 7) is 0.357. The van der Waals surface area contributed by atoms with Gasteiger partial charge in [-0.1, -0.05) is 87.8 Å². The van der Waals surface area contributed by atoms with Crippen LogP contribution in [0, 0.1) is 17.5 Å². The van der Waals surface area contributed by atoms with Crippen molar-refractivity contribution in [2.75, 3.05) is 6.61 Å². The number of unbranched alkanes of at least 4 members (excludes halogenated alkanes) is 8. The Bertz CT molecular complexity index is 930. The molecule has 0 bridgehead atoms. The molecular weight excluding hydrogens is 476 g/mol. The van der Waals surface area contributed by atoms with E-state index >= 15 is 0 Å². The van der Waals surface area contributed by atoms with Crippen LogP contribution in [-0.2, 0) is 10.1 Å². The fourth-order valence-corrected chi connectivity index (χ4v) is 5.05. The van der Waals surface area contributed by atoms with Gasteiger partial charge in [-0.25, -0.2) is 13.2 Å². The second-order valence-corrected chi connectivity index (χ2v) is 9.56. The maximum Gasteiger partial charge on any atom is 0.633 e. The van der Waals surface area contributed by atoms with Crippen molar-refractivity contribution in [1.82, 2.24) is 0 Å². The minimum atomic E-state index is -1.69. The van der Waals surface area contributed by atoms with Gasteiger partial charge >= 0.3 is 7.32 Å². The van der Waals surface area contributed by atoms with Gasteiger partial charge in [0.1, 0.15) is 17.5 Å². The molecule has 0 unspecified atom stereocenters. The minimum Gasteiger partial charge on any atom is -0.402 e. The van der Waals surface area contributed by atoms with Crippen molar-refractivity contribution in [3.63, 3.8) is 0 Å². The van der Waals surface area contributed by atoms with Crippen molar-refractivity contribution in [3.8, 4) is 0 Å². The third-order valence-corrected chi connectivity index (χ3v) is 6.97. The Morgan fingerprint density at radius 3 is 1.19 bits per heavy atom. The van der Waals surface area contributed by atoms with Crippen molar-refractivity contribution in [1.29, 1.82) is 0 Å². The van der Waals surface area contributed by atoms with E-state index in [2.05, 4.69) is 0 Å². The van der Waals surface area contributed by atoms with Crippen LogP contribution in [0.3, 0.4) is 0 Å². The van der Waals surface area contributed by atoms with Gasteiger partial charge in [0.05, 0.1) is 0 Å². The Morgan fingerprint density at radius 1 is 0.514 bits per heavy atom. The number of hydrogen-bond donors (Lipinski definition) is 2. The van der Waals surface area contributed by atoms with Gasteiger partial charge in [-0.2, -0.15) is 0 Å². The predicted octanol–water partition coefficient (Wildman–Crippen LogP) is 7.33. The van der Waals surface area contributed by atoms with Crippen LogP contribution >= 0.6 is 0 Å². The lowest BCUT2D eigenvalue weighted by atomic mass is 9.66. The molecular formula is C30H36BF3O3. The molecule has 0 spiro atoms. The zero-order valence-electron chi connectivity index (χ0n) is 21.2. The van der Waals surface area contributed by atoms with Crippen molar-refractivity contribution in [3.05, 3.63) is 107 Å². The molecule has 3 aromatic rings. The molecule has 0 aliphatic carbocycles. The molecule has 0 aliphatic heterocycles. The van der Waals surface area contributed by atoms with Gasteiger partial charge in [-0.05, 0) is 65.9 Å². The molecule has 2 N–H and O–H groups in total. The number of benzene rings is 3. The second-order valence-electron chi connectivity index (χ2n) is 9.56. The van der Waals surface area contributed by atoms with Crippen LogP contribution in [0.4, 0.5) is 13.2 Å². The van der Waals surface area contributed by atoms with E-state index in [1.165, 1.54) is 36.4 Å². The highest BCUT2D eigenvalue weighted by Gasteiger charge is 2.36. The summed E-state index contributed by atoms with van der Waals surface area (Å²) in [4.78, 5) is 0. The summed E-state index contributed by atoms with van der Waals surface area (Å²) >= 11 is 0. The van der Waals surface area contributed by atoms with Gasteiger partial charge in [0.25, 0.3) is 0 Å². The summed E-state index contributed by atoms with van der Waals surface area (Å²) in [5.41, 5.74) is 2.03. The van der Waals surface area contributed by atoms with Gasteiger partial charge in [0.15, 0.2) is 0 Å². The molecule has 0 aromatic heterocycles. The third kappa shape index (κ3) is 8.73. The van der Waals surface area contributed by atoms with Crippen molar-refractivity contribution in [2.24, 2.45) is 0 Å². The maximum atomic E-state index is 13.8. The van der Waals surface area contributed by atoms with Crippen molar-refractivity contribution >= 4 is 7.32 Å². The molecule has 0 saturated heterocycles. The van der Waals surface area contributed by atoms with Crippen LogP contribution in [0.15, 0.2) is 72.8 Å². The summed E-state index contributed by atoms with van der Waals surface area (Å²) in [5.74, 6) is -0.974. The lowest BCUT2D eigenvalue weighted by molar-refractivity contribution is 0.182. The lowest BCUT2D eigenvalue weighted by Crippen LogP contribution is -2.29. The number of halogens is 3. The molecule has 7 heteroatoms. The van der Waals surface area contributed by atoms with Crippen LogP contribution < -0.4 is 0 Å². The van der Waals surface area contributed by atoms with Crippen LogP contribution in [0.2, 0.25) is 0 Å². The van der Waals surface area contributed by atoms with E-state index in [0.717, 1.165) is 80.9 Å². The molecule has 0 atom stereocenters. The van der Waals surface area contributed by atoms with E-state index in [-0.39, 0.29) is 17.5 Å². The van der Waals surface area contributed by atoms with Gasteiger partial charge in [0.2, 0.25) is 0 Å². The van der Waals surface area contributed by atoms with Crippen LogP contribution in [0.5, 0.6) is 0 Å². The zero-order chi connectivity index (χ0) is 26.5. The van der Waals surface area contributed by atoms with E-state index in [1.807, 2.05) is 0 Å². The Kier molecular flexibility index (Phi) is 11.7. The highest BCUT2D eigenvalue weighted by molar-refractivity contribution is 6.32. The van der Waals surface area contributed by atoms with Crippen LogP contribution in [0.25, 0.3) is 0 Å². The summed E-state index contributed by atoms with van der Waals surface area (Å²) < 4.78 is 46.2. The molecule has 0 fully saturated rings. The Morgan fingerprint density at radius 2 is 0.838 bits per heavy atom. The second kappa shape index (κ2) is 15.0. The molecule has 0 heterocycles. The fourth-order valence-electron chi connectivity index (χ4n) is 5.05. The SMILES string of the molecule is OB(O)OCCCCCCCCCCCC(c1ccc(F)cc1)(c1ccc(F)cc1)c1ccc(F)cc1. The molecule has 3 nitrogen and oxygen atoms in total. The summed E-state index contributed by atoms with van der Waals surface area (Å²) in [6, 6.07) is 19.3. The Labute approximate surface area is 218 Å². The van der Waals surface area contributed by atoms with E-state index in [9.17, 15) is 13.2 Å². The van der Waals surface area contributed by atoms with Gasteiger partial charge in [-0.15, -0.1) is 0 Å². The molecule has 198 valence electrons. The van der Waals surface area contributed by atoms with E-state index < -0.39 is 12.7 Å². The van der Waals surface area contributed by atoms with E-state index in [4.69, 9.17) is 14.7 Å². The highest BCUT2D eigenvalue weighted by Crippen LogP contribution is 2.43. The summed E-state index contributed by atoms with van der Waals surface area (Å²) in [5, 5.41) is 17.3. The molecule has 3 aromatic carbocycles. The molecule has 0 aliphatic rings. The van der Waals surface area contributed by atoms with Gasteiger partial charge < -0.3 is 14.7 Å². The Hall–Kier alpha value is -2.61. The predicted molar refractivity (Wildman–Crippen MR) is 141 cm³/mol. The lowest BCUT2D eigenvalue weighted by Gasteiger charge is -2.36. The van der Waals surface area contributed by atoms with Gasteiger partial charge in [0, 0.05) is 12.0 Å². The highest BCUT2D eigenvalue weighted by atomic mass is 19.1. The summed E-state index contributed by atoms with van der Waals surface area (Å²) in [7, 11) is -1.69. The number of hydrogen-bond acceptors (Lipinski definition) is 3. The molecule has 0 radical (unpaired) electrons. The molecule has 37 heavy (non-hydrogen) atoms. The largest absolute Gasteiger partial charge is 0.633 e. The third-order valence-electron chi connectivity index (χ3n) is 6.97. The fraction of sp³-hybridized carbons (Fsp3) is 0.400. The van der Waals surface area contributed by atoms with Crippen molar-refractivity contribution in [2.45, 2.75) is 69.6 Å². The smallest absolute Gasteiger partial charge is 0.402 e. The first kappa shape index (κ1) is 29.0. The number of rotatable bonds is 16. The molecule has 0 amide bonds. The standard InChI is InChI=1S/C30H36BF3O3/c32-27-16-10-24(11-17-27)30(25-12-18-28(33)19-13-25,26-14-20-29(34)21-15-26)22-8-6-4-2-1-3-5-7-9-23-37-31(35)36/h10-21,35-36H,1-9,22-23H2. The molecule has 3 rings (SSSR count). The van der Waals surface area contributed by atoms with Crippen LogP contribution in [0.1, 0.15) is 80.9 Å². The zero-order valence-corrected chi connectivity index (χ0v) is 21.2. The maximum absolute atomic E-state index is 13.8. The summed E-state index contributed by atoms with van der Waals surface area (Å²) in [6.07, 6.45) is 10.1. The van der Waals surface area contributed by atoms with Gasteiger partial charge in [-0.3, -0.25) is 0 Å². The first-order chi connectivity index (χ1) is 17.9. The first-order valence-corrected chi connectivity index (χ1v) is 13.2. The normalized spacial score (nSPS) is 11.6.